The molecule has 0 aromatic rings. The second kappa shape index (κ2) is 12.4. The van der Waals surface area contributed by atoms with Crippen molar-refractivity contribution in [3.63, 3.8) is 0 Å². The maximum Gasteiger partial charge on any atom is 0.00874 e. The summed E-state index contributed by atoms with van der Waals surface area (Å²) in [6.07, 6.45) is 12.6. The smallest absolute Gasteiger partial charge is 0.00874 e. The summed E-state index contributed by atoms with van der Waals surface area (Å²) in [5.41, 5.74) is 0. The summed E-state index contributed by atoms with van der Waals surface area (Å²) in [6.45, 7) is 10.4. The molecule has 0 aromatic carbocycles. The van der Waals surface area contributed by atoms with Crippen molar-refractivity contribution in [2.24, 2.45) is 5.92 Å². The Morgan fingerprint density at radius 3 is 1.76 bits per heavy atom. The van der Waals surface area contributed by atoms with Crippen LogP contribution >= 0.6 is 0 Å². The molecule has 0 saturated heterocycles. The molecule has 1 unspecified atom stereocenters. The molecule has 0 aliphatic carbocycles. The van der Waals surface area contributed by atoms with Gasteiger partial charge in [-0.05, 0) is 25.3 Å². The SMILES string of the molecule is CCCCCCCCCCNC(CC)C(C)C. The minimum Gasteiger partial charge on any atom is -0.314 e. The summed E-state index contributed by atoms with van der Waals surface area (Å²) in [5, 5.41) is 3.68. The van der Waals surface area contributed by atoms with Crippen molar-refractivity contribution in [3.05, 3.63) is 0 Å². The van der Waals surface area contributed by atoms with Crippen LogP contribution < -0.4 is 5.32 Å². The lowest BCUT2D eigenvalue weighted by atomic mass is 10.0. The van der Waals surface area contributed by atoms with Crippen molar-refractivity contribution in [3.8, 4) is 0 Å². The zero-order chi connectivity index (χ0) is 12.9. The predicted molar refractivity (Wildman–Crippen MR) is 79.5 cm³/mol. The molecule has 0 bridgehead atoms. The van der Waals surface area contributed by atoms with Crippen LogP contribution in [-0.2, 0) is 0 Å². The van der Waals surface area contributed by atoms with E-state index in [1.807, 2.05) is 0 Å². The first kappa shape index (κ1) is 17.0. The first-order valence-electron chi connectivity index (χ1n) is 7.95. The highest BCUT2D eigenvalue weighted by atomic mass is 14.9. The zero-order valence-corrected chi connectivity index (χ0v) is 12.7. The number of nitrogens with one attached hydrogen (secondary N) is 1. The molecule has 0 aliphatic rings. The van der Waals surface area contributed by atoms with Crippen molar-refractivity contribution in [2.75, 3.05) is 6.54 Å². The van der Waals surface area contributed by atoms with Crippen LogP contribution in [0.3, 0.4) is 0 Å². The van der Waals surface area contributed by atoms with Crippen LogP contribution in [0, 0.1) is 5.92 Å². The molecule has 1 nitrogen and oxygen atoms in total. The first-order valence-corrected chi connectivity index (χ1v) is 7.95. The van der Waals surface area contributed by atoms with Crippen LogP contribution in [-0.4, -0.2) is 12.6 Å². The molecular weight excluding hydrogens is 206 g/mol. The third kappa shape index (κ3) is 10.8. The topological polar surface area (TPSA) is 12.0 Å². The number of unbranched alkanes of at least 4 members (excludes halogenated alkanes) is 7. The second-order valence-electron chi connectivity index (χ2n) is 5.69. The summed E-state index contributed by atoms with van der Waals surface area (Å²) in [5.74, 6) is 0.772. The van der Waals surface area contributed by atoms with E-state index in [4.69, 9.17) is 0 Å². The van der Waals surface area contributed by atoms with E-state index in [-0.39, 0.29) is 0 Å². The van der Waals surface area contributed by atoms with Crippen LogP contribution in [0.25, 0.3) is 0 Å². The highest BCUT2D eigenvalue weighted by Crippen LogP contribution is 2.09. The lowest BCUT2D eigenvalue weighted by Gasteiger charge is -2.20. The Kier molecular flexibility index (Phi) is 12.4. The van der Waals surface area contributed by atoms with Crippen LogP contribution in [0.5, 0.6) is 0 Å². The van der Waals surface area contributed by atoms with Crippen LogP contribution in [0.1, 0.15) is 85.5 Å². The van der Waals surface area contributed by atoms with Gasteiger partial charge in [-0.2, -0.15) is 0 Å². The van der Waals surface area contributed by atoms with E-state index in [1.165, 1.54) is 64.3 Å². The molecule has 1 atom stereocenters. The average Bonchev–Trinajstić information content (AvgIpc) is 2.31. The minimum atomic E-state index is 0.722. The molecular formula is C16H35N. The minimum absolute atomic E-state index is 0.722. The highest BCUT2D eigenvalue weighted by Gasteiger charge is 2.08. The van der Waals surface area contributed by atoms with Gasteiger partial charge >= 0.3 is 0 Å². The third-order valence-electron chi connectivity index (χ3n) is 3.68. The van der Waals surface area contributed by atoms with Crippen molar-refractivity contribution < 1.29 is 0 Å². The predicted octanol–water partition coefficient (Wildman–Crippen LogP) is 5.15. The van der Waals surface area contributed by atoms with Gasteiger partial charge < -0.3 is 5.32 Å². The van der Waals surface area contributed by atoms with Crippen molar-refractivity contribution in [2.45, 2.75) is 91.5 Å². The summed E-state index contributed by atoms with van der Waals surface area (Å²) in [7, 11) is 0. The standard InChI is InChI=1S/C16H35N/c1-5-7-8-9-10-11-12-13-14-17-16(6-2)15(3)4/h15-17H,5-14H2,1-4H3. The van der Waals surface area contributed by atoms with Gasteiger partial charge in [0.25, 0.3) is 0 Å². The van der Waals surface area contributed by atoms with Crippen LogP contribution in [0.2, 0.25) is 0 Å². The van der Waals surface area contributed by atoms with E-state index >= 15 is 0 Å². The first-order chi connectivity index (χ1) is 8.22. The average molecular weight is 241 g/mol. The van der Waals surface area contributed by atoms with Gasteiger partial charge in [0.05, 0.1) is 0 Å². The molecule has 0 aromatic heterocycles. The largest absolute Gasteiger partial charge is 0.314 e. The summed E-state index contributed by atoms with van der Waals surface area (Å²) < 4.78 is 0. The summed E-state index contributed by atoms with van der Waals surface area (Å²) in [6, 6.07) is 0.722. The Hall–Kier alpha value is -0.0400. The van der Waals surface area contributed by atoms with Gasteiger partial charge in [0, 0.05) is 6.04 Å². The molecule has 0 spiro atoms. The Morgan fingerprint density at radius 1 is 0.765 bits per heavy atom. The Bertz CT molecular complexity index is 142. The molecule has 104 valence electrons. The van der Waals surface area contributed by atoms with Crippen molar-refractivity contribution in [1.29, 1.82) is 0 Å². The summed E-state index contributed by atoms with van der Waals surface area (Å²) >= 11 is 0. The number of hydrogen-bond acceptors (Lipinski definition) is 1. The van der Waals surface area contributed by atoms with Gasteiger partial charge in [-0.3, -0.25) is 0 Å². The number of rotatable bonds is 12. The zero-order valence-electron chi connectivity index (χ0n) is 12.7. The molecule has 0 fully saturated rings. The van der Waals surface area contributed by atoms with Gasteiger partial charge in [0.2, 0.25) is 0 Å². The lowest BCUT2D eigenvalue weighted by molar-refractivity contribution is 0.383. The quantitative estimate of drug-likeness (QED) is 0.466. The Balaban J connectivity index is 3.17. The van der Waals surface area contributed by atoms with Gasteiger partial charge in [-0.25, -0.2) is 0 Å². The van der Waals surface area contributed by atoms with Crippen LogP contribution in [0.15, 0.2) is 0 Å². The monoisotopic (exact) mass is 241 g/mol. The molecule has 0 radical (unpaired) electrons. The van der Waals surface area contributed by atoms with E-state index in [9.17, 15) is 0 Å². The van der Waals surface area contributed by atoms with E-state index in [1.54, 1.807) is 0 Å². The summed E-state index contributed by atoms with van der Waals surface area (Å²) in [4.78, 5) is 0. The Labute approximate surface area is 110 Å². The fourth-order valence-electron chi connectivity index (χ4n) is 2.40. The molecule has 0 heterocycles. The third-order valence-corrected chi connectivity index (χ3v) is 3.68. The number of hydrogen-bond donors (Lipinski definition) is 1. The van der Waals surface area contributed by atoms with Gasteiger partial charge in [-0.1, -0.05) is 72.6 Å². The van der Waals surface area contributed by atoms with Gasteiger partial charge in [0.15, 0.2) is 0 Å². The van der Waals surface area contributed by atoms with E-state index < -0.39 is 0 Å². The molecule has 17 heavy (non-hydrogen) atoms. The molecule has 1 heteroatoms. The molecule has 0 saturated carbocycles. The second-order valence-corrected chi connectivity index (χ2v) is 5.69. The van der Waals surface area contributed by atoms with E-state index in [0.717, 1.165) is 12.0 Å². The Morgan fingerprint density at radius 2 is 1.29 bits per heavy atom. The fraction of sp³-hybridized carbons (Fsp3) is 1.00. The van der Waals surface area contributed by atoms with E-state index in [0.29, 0.717) is 0 Å². The van der Waals surface area contributed by atoms with Crippen molar-refractivity contribution in [1.82, 2.24) is 5.32 Å². The highest BCUT2D eigenvalue weighted by molar-refractivity contribution is 4.68. The molecule has 0 aliphatic heterocycles. The normalized spacial score (nSPS) is 13.2. The van der Waals surface area contributed by atoms with Gasteiger partial charge in [0.1, 0.15) is 0 Å². The molecule has 1 N–H and O–H groups in total. The maximum absolute atomic E-state index is 3.68. The van der Waals surface area contributed by atoms with Crippen molar-refractivity contribution >= 4 is 0 Å². The van der Waals surface area contributed by atoms with E-state index in [2.05, 4.69) is 33.0 Å². The molecule has 0 amide bonds. The van der Waals surface area contributed by atoms with Crippen LogP contribution in [0.4, 0.5) is 0 Å². The fourth-order valence-corrected chi connectivity index (χ4v) is 2.40. The lowest BCUT2D eigenvalue weighted by Crippen LogP contribution is -2.33. The maximum atomic E-state index is 3.68. The molecule has 0 rings (SSSR count). The van der Waals surface area contributed by atoms with Gasteiger partial charge in [-0.15, -0.1) is 0 Å².